The summed E-state index contributed by atoms with van der Waals surface area (Å²) in [4.78, 5) is 5.76. The zero-order valence-electron chi connectivity index (χ0n) is 11.0. The van der Waals surface area contributed by atoms with E-state index in [1.807, 2.05) is 23.6 Å². The molecule has 96 valence electrons. The highest BCUT2D eigenvalue weighted by Crippen LogP contribution is 2.23. The average molecular weight is 260 g/mol. The predicted octanol–water partition coefficient (Wildman–Crippen LogP) is 3.73. The second kappa shape index (κ2) is 6.66. The van der Waals surface area contributed by atoms with Gasteiger partial charge in [-0.1, -0.05) is 13.0 Å². The lowest BCUT2D eigenvalue weighted by molar-refractivity contribution is 0.514. The monoisotopic (exact) mass is 260 g/mol. The van der Waals surface area contributed by atoms with Crippen molar-refractivity contribution in [3.8, 4) is 0 Å². The molecule has 0 saturated carbocycles. The molecule has 3 heteroatoms. The van der Waals surface area contributed by atoms with E-state index in [0.717, 1.165) is 19.4 Å². The van der Waals surface area contributed by atoms with Crippen LogP contribution in [-0.4, -0.2) is 11.5 Å². The lowest BCUT2D eigenvalue weighted by atomic mass is 10.0. The number of pyridine rings is 1. The first kappa shape index (κ1) is 13.2. The maximum absolute atomic E-state index is 4.38. The largest absolute Gasteiger partial charge is 0.310 e. The van der Waals surface area contributed by atoms with Crippen molar-refractivity contribution in [3.63, 3.8) is 0 Å². The number of aromatic nitrogens is 1. The molecule has 1 atom stereocenters. The molecule has 2 aromatic rings. The van der Waals surface area contributed by atoms with Crippen molar-refractivity contribution in [2.45, 2.75) is 32.7 Å². The average Bonchev–Trinajstić information content (AvgIpc) is 2.82. The molecular formula is C15H20N2S. The Balaban J connectivity index is 1.98. The van der Waals surface area contributed by atoms with E-state index in [4.69, 9.17) is 0 Å². The molecular weight excluding hydrogens is 240 g/mol. The van der Waals surface area contributed by atoms with Gasteiger partial charge in [-0.3, -0.25) is 4.98 Å². The van der Waals surface area contributed by atoms with Crippen molar-refractivity contribution >= 4 is 11.3 Å². The fourth-order valence-corrected chi connectivity index (χ4v) is 2.88. The summed E-state index contributed by atoms with van der Waals surface area (Å²) in [6, 6.07) is 8.85. The van der Waals surface area contributed by atoms with Gasteiger partial charge in [0.2, 0.25) is 0 Å². The second-order valence-electron chi connectivity index (χ2n) is 4.46. The summed E-state index contributed by atoms with van der Waals surface area (Å²) in [5, 5.41) is 5.83. The van der Waals surface area contributed by atoms with Crippen molar-refractivity contribution in [3.05, 3.63) is 52.0 Å². The Morgan fingerprint density at radius 3 is 2.89 bits per heavy atom. The molecule has 0 saturated heterocycles. The van der Waals surface area contributed by atoms with Crippen molar-refractivity contribution in [1.82, 2.24) is 10.3 Å². The summed E-state index contributed by atoms with van der Waals surface area (Å²) in [5.74, 6) is 0. The van der Waals surface area contributed by atoms with Crippen LogP contribution in [0.5, 0.6) is 0 Å². The van der Waals surface area contributed by atoms with Crippen LogP contribution in [0.15, 0.2) is 35.8 Å². The molecule has 0 aliphatic heterocycles. The molecule has 0 radical (unpaired) electrons. The Morgan fingerprint density at radius 2 is 2.28 bits per heavy atom. The number of aryl methyl sites for hydroxylation is 2. The lowest BCUT2D eigenvalue weighted by Crippen LogP contribution is -2.21. The molecule has 0 aliphatic carbocycles. The minimum atomic E-state index is 0.446. The molecule has 0 fully saturated rings. The fourth-order valence-electron chi connectivity index (χ4n) is 2.12. The summed E-state index contributed by atoms with van der Waals surface area (Å²) in [6.07, 6.45) is 3.99. The van der Waals surface area contributed by atoms with Gasteiger partial charge in [0.25, 0.3) is 0 Å². The Bertz CT molecular complexity index is 464. The second-order valence-corrected chi connectivity index (χ2v) is 5.58. The van der Waals surface area contributed by atoms with Crippen molar-refractivity contribution in [2.75, 3.05) is 6.54 Å². The minimum absolute atomic E-state index is 0.446. The van der Waals surface area contributed by atoms with E-state index < -0.39 is 0 Å². The first-order chi connectivity index (χ1) is 8.79. The third-order valence-corrected chi connectivity index (χ3v) is 3.90. The highest BCUT2D eigenvalue weighted by molar-refractivity contribution is 7.10. The van der Waals surface area contributed by atoms with Crippen LogP contribution in [-0.2, 0) is 6.42 Å². The van der Waals surface area contributed by atoms with Gasteiger partial charge < -0.3 is 5.32 Å². The molecule has 0 spiro atoms. The van der Waals surface area contributed by atoms with Crippen LogP contribution in [0.1, 0.15) is 35.5 Å². The number of thiophene rings is 1. The number of nitrogens with one attached hydrogen (secondary N) is 1. The number of rotatable bonds is 6. The van der Waals surface area contributed by atoms with Gasteiger partial charge in [-0.05, 0) is 55.5 Å². The molecule has 2 rings (SSSR count). The normalized spacial score (nSPS) is 12.6. The van der Waals surface area contributed by atoms with Gasteiger partial charge in [-0.25, -0.2) is 0 Å². The van der Waals surface area contributed by atoms with E-state index in [-0.39, 0.29) is 0 Å². The van der Waals surface area contributed by atoms with Gasteiger partial charge in [0.15, 0.2) is 0 Å². The Kier molecular flexibility index (Phi) is 4.90. The van der Waals surface area contributed by atoms with E-state index in [9.17, 15) is 0 Å². The van der Waals surface area contributed by atoms with Crippen molar-refractivity contribution in [1.29, 1.82) is 0 Å². The first-order valence-electron chi connectivity index (χ1n) is 6.48. The quantitative estimate of drug-likeness (QED) is 0.856. The van der Waals surface area contributed by atoms with E-state index >= 15 is 0 Å². The van der Waals surface area contributed by atoms with Crippen molar-refractivity contribution in [2.24, 2.45) is 0 Å². The topological polar surface area (TPSA) is 24.9 Å². The Morgan fingerprint density at radius 1 is 1.39 bits per heavy atom. The summed E-state index contributed by atoms with van der Waals surface area (Å²) < 4.78 is 0. The molecule has 0 amide bonds. The van der Waals surface area contributed by atoms with Gasteiger partial charge in [-0.15, -0.1) is 11.3 Å². The molecule has 0 bridgehead atoms. The van der Waals surface area contributed by atoms with Gasteiger partial charge in [0, 0.05) is 22.8 Å². The molecule has 18 heavy (non-hydrogen) atoms. The molecule has 0 aromatic carbocycles. The number of hydrogen-bond acceptors (Lipinski definition) is 3. The smallest absolute Gasteiger partial charge is 0.0404 e. The van der Waals surface area contributed by atoms with E-state index in [1.54, 1.807) is 0 Å². The third kappa shape index (κ3) is 3.65. The maximum Gasteiger partial charge on any atom is 0.0404 e. The summed E-state index contributed by atoms with van der Waals surface area (Å²) in [7, 11) is 0. The first-order valence-corrected chi connectivity index (χ1v) is 7.36. The van der Waals surface area contributed by atoms with Crippen LogP contribution < -0.4 is 5.32 Å². The predicted molar refractivity (Wildman–Crippen MR) is 78.0 cm³/mol. The molecule has 0 aliphatic rings. The molecule has 1 N–H and O–H groups in total. The summed E-state index contributed by atoms with van der Waals surface area (Å²) in [5.41, 5.74) is 2.59. The molecule has 2 nitrogen and oxygen atoms in total. The van der Waals surface area contributed by atoms with E-state index in [0.29, 0.717) is 6.04 Å². The van der Waals surface area contributed by atoms with Crippen LogP contribution in [0.4, 0.5) is 0 Å². The Labute approximate surface area is 113 Å². The van der Waals surface area contributed by atoms with Gasteiger partial charge in [0.05, 0.1) is 0 Å². The summed E-state index contributed by atoms with van der Waals surface area (Å²) >= 11 is 1.82. The van der Waals surface area contributed by atoms with Crippen molar-refractivity contribution < 1.29 is 0 Å². The zero-order valence-corrected chi connectivity index (χ0v) is 11.8. The summed E-state index contributed by atoms with van der Waals surface area (Å²) in [6.45, 7) is 5.32. The molecule has 1 unspecified atom stereocenters. The highest BCUT2D eigenvalue weighted by atomic mass is 32.1. The zero-order chi connectivity index (χ0) is 12.8. The number of nitrogens with zero attached hydrogens (tertiary/aromatic N) is 1. The van der Waals surface area contributed by atoms with Crippen LogP contribution in [0.2, 0.25) is 0 Å². The van der Waals surface area contributed by atoms with Crippen LogP contribution >= 0.6 is 11.3 Å². The minimum Gasteiger partial charge on any atom is -0.310 e. The lowest BCUT2D eigenvalue weighted by Gasteiger charge is -2.16. The number of hydrogen-bond donors (Lipinski definition) is 1. The van der Waals surface area contributed by atoms with Gasteiger partial charge in [0.1, 0.15) is 0 Å². The molecule has 2 aromatic heterocycles. The standard InChI is InChI=1S/C15H20N2S/c1-3-16-15(13-10-12(2)18-11-13)8-7-14-6-4-5-9-17-14/h4-6,9-11,15-16H,3,7-8H2,1-2H3. The van der Waals surface area contributed by atoms with E-state index in [2.05, 4.69) is 47.7 Å². The fraction of sp³-hybridized carbons (Fsp3) is 0.400. The maximum atomic E-state index is 4.38. The Hall–Kier alpha value is -1.19. The van der Waals surface area contributed by atoms with Gasteiger partial charge in [-0.2, -0.15) is 0 Å². The van der Waals surface area contributed by atoms with Gasteiger partial charge >= 0.3 is 0 Å². The third-order valence-electron chi connectivity index (χ3n) is 3.02. The van der Waals surface area contributed by atoms with E-state index in [1.165, 1.54) is 16.1 Å². The SMILES string of the molecule is CCNC(CCc1ccccn1)c1csc(C)c1. The van der Waals surface area contributed by atoms with Crippen LogP contribution in [0.3, 0.4) is 0 Å². The molecule has 2 heterocycles. The highest BCUT2D eigenvalue weighted by Gasteiger charge is 2.11. The van der Waals surface area contributed by atoms with Crippen LogP contribution in [0.25, 0.3) is 0 Å². The van der Waals surface area contributed by atoms with Crippen LogP contribution in [0, 0.1) is 6.92 Å².